The summed E-state index contributed by atoms with van der Waals surface area (Å²) in [5.74, 6) is -3.43. The topological polar surface area (TPSA) is 105 Å². The van der Waals surface area contributed by atoms with Crippen LogP contribution in [0.15, 0.2) is 43.0 Å². The summed E-state index contributed by atoms with van der Waals surface area (Å²) in [6.45, 7) is 1.65. The summed E-state index contributed by atoms with van der Waals surface area (Å²) in [5.41, 5.74) is -1.29. The minimum atomic E-state index is -4.75. The molecule has 0 saturated heterocycles. The highest BCUT2D eigenvalue weighted by Crippen LogP contribution is 2.40. The molecule has 33 heavy (non-hydrogen) atoms. The SMILES string of the molecule is Cc1ncc(NC(=O)Nc2cc(F)c(Oc3ccnc4[nH]cc(C(F)(F)F)c34)c(F)c2)cn1. The number of carbonyl (C=O) groups excluding carboxylic acids is 1. The zero-order valence-corrected chi connectivity index (χ0v) is 16.6. The molecule has 13 heteroatoms. The number of nitrogens with zero attached hydrogens (tertiary/aromatic N) is 3. The van der Waals surface area contributed by atoms with Gasteiger partial charge >= 0.3 is 12.2 Å². The number of anilines is 2. The normalized spacial score (nSPS) is 11.5. The molecule has 3 heterocycles. The van der Waals surface area contributed by atoms with Crippen LogP contribution in [0.4, 0.5) is 38.1 Å². The van der Waals surface area contributed by atoms with Crippen LogP contribution in [0.25, 0.3) is 11.0 Å². The quantitative estimate of drug-likeness (QED) is 0.351. The largest absolute Gasteiger partial charge is 0.450 e. The minimum absolute atomic E-state index is 0.171. The molecule has 0 radical (unpaired) electrons. The summed E-state index contributed by atoms with van der Waals surface area (Å²) >= 11 is 0. The van der Waals surface area contributed by atoms with Crippen LogP contribution in [0.3, 0.4) is 0 Å². The first-order valence-corrected chi connectivity index (χ1v) is 9.18. The van der Waals surface area contributed by atoms with Crippen molar-refractivity contribution in [2.75, 3.05) is 10.6 Å². The van der Waals surface area contributed by atoms with Gasteiger partial charge in [-0.15, -0.1) is 0 Å². The highest BCUT2D eigenvalue weighted by Gasteiger charge is 2.35. The summed E-state index contributed by atoms with van der Waals surface area (Å²) in [6.07, 6.45) is -0.265. The van der Waals surface area contributed by atoms with Crippen molar-refractivity contribution in [3.8, 4) is 11.5 Å². The molecular weight excluding hydrogens is 451 g/mol. The Bertz CT molecular complexity index is 1310. The minimum Gasteiger partial charge on any atom is -0.450 e. The summed E-state index contributed by atoms with van der Waals surface area (Å²) in [4.78, 5) is 25.9. The highest BCUT2D eigenvalue weighted by molar-refractivity contribution is 5.99. The molecule has 0 bridgehead atoms. The van der Waals surface area contributed by atoms with Gasteiger partial charge in [-0.25, -0.2) is 28.5 Å². The second kappa shape index (κ2) is 8.33. The maximum Gasteiger partial charge on any atom is 0.418 e. The second-order valence-corrected chi connectivity index (χ2v) is 6.70. The lowest BCUT2D eigenvalue weighted by Gasteiger charge is -2.13. The number of pyridine rings is 1. The van der Waals surface area contributed by atoms with Crippen LogP contribution in [-0.4, -0.2) is 26.0 Å². The number of amides is 2. The smallest absolute Gasteiger partial charge is 0.418 e. The first kappa shape index (κ1) is 21.9. The van der Waals surface area contributed by atoms with Crippen LogP contribution in [0.1, 0.15) is 11.4 Å². The number of nitrogens with one attached hydrogen (secondary N) is 3. The third-order valence-corrected chi connectivity index (χ3v) is 4.35. The Labute approximate surface area is 181 Å². The summed E-state index contributed by atoms with van der Waals surface area (Å²) in [7, 11) is 0. The molecule has 8 nitrogen and oxygen atoms in total. The molecule has 3 N–H and O–H groups in total. The van der Waals surface area contributed by atoms with E-state index in [-0.39, 0.29) is 17.0 Å². The number of aromatic amines is 1. The van der Waals surface area contributed by atoms with Gasteiger partial charge in [0, 0.05) is 30.2 Å². The van der Waals surface area contributed by atoms with Crippen molar-refractivity contribution in [3.05, 3.63) is 66.0 Å². The molecule has 170 valence electrons. The number of ether oxygens (including phenoxy) is 1. The van der Waals surface area contributed by atoms with Crippen LogP contribution < -0.4 is 15.4 Å². The van der Waals surface area contributed by atoms with Crippen molar-refractivity contribution < 1.29 is 31.5 Å². The average Bonchev–Trinajstić information content (AvgIpc) is 3.18. The average molecular weight is 464 g/mol. The molecule has 4 aromatic rings. The summed E-state index contributed by atoms with van der Waals surface area (Å²) in [5, 5.41) is 4.13. The van der Waals surface area contributed by atoms with Gasteiger partial charge in [0.25, 0.3) is 0 Å². The van der Waals surface area contributed by atoms with E-state index >= 15 is 0 Å². The molecule has 0 spiro atoms. The van der Waals surface area contributed by atoms with Crippen molar-refractivity contribution in [2.24, 2.45) is 0 Å². The van der Waals surface area contributed by atoms with E-state index in [2.05, 4.69) is 30.6 Å². The summed E-state index contributed by atoms with van der Waals surface area (Å²) in [6, 6.07) is 1.73. The van der Waals surface area contributed by atoms with Crippen molar-refractivity contribution in [1.29, 1.82) is 0 Å². The van der Waals surface area contributed by atoms with Crippen LogP contribution in [-0.2, 0) is 6.18 Å². The lowest BCUT2D eigenvalue weighted by Crippen LogP contribution is -2.20. The van der Waals surface area contributed by atoms with Gasteiger partial charge in [-0.05, 0) is 13.0 Å². The van der Waals surface area contributed by atoms with Gasteiger partial charge in [0.1, 0.15) is 17.2 Å². The van der Waals surface area contributed by atoms with E-state index in [1.165, 1.54) is 12.4 Å². The Morgan fingerprint density at radius 3 is 2.30 bits per heavy atom. The Balaban J connectivity index is 1.58. The maximum atomic E-state index is 14.6. The third kappa shape index (κ3) is 4.66. The van der Waals surface area contributed by atoms with E-state index < -0.39 is 46.3 Å². The highest BCUT2D eigenvalue weighted by atomic mass is 19.4. The van der Waals surface area contributed by atoms with E-state index in [1.54, 1.807) is 6.92 Å². The fourth-order valence-corrected chi connectivity index (χ4v) is 2.93. The van der Waals surface area contributed by atoms with Gasteiger partial charge in [0.2, 0.25) is 0 Å². The van der Waals surface area contributed by atoms with Gasteiger partial charge in [-0.2, -0.15) is 13.2 Å². The number of urea groups is 1. The predicted molar refractivity (Wildman–Crippen MR) is 107 cm³/mol. The van der Waals surface area contributed by atoms with Crippen molar-refractivity contribution >= 4 is 28.4 Å². The molecule has 0 fully saturated rings. The fourth-order valence-electron chi connectivity index (χ4n) is 2.93. The Kier molecular flexibility index (Phi) is 5.54. The second-order valence-electron chi connectivity index (χ2n) is 6.70. The molecular formula is C20H13F5N6O2. The number of hydrogen-bond acceptors (Lipinski definition) is 5. The van der Waals surface area contributed by atoms with Gasteiger partial charge in [0.05, 0.1) is 29.0 Å². The number of aromatic nitrogens is 4. The lowest BCUT2D eigenvalue weighted by molar-refractivity contribution is -0.136. The van der Waals surface area contributed by atoms with Crippen molar-refractivity contribution in [2.45, 2.75) is 13.1 Å². The molecule has 2 amide bonds. The molecule has 0 atom stereocenters. The number of benzene rings is 1. The Morgan fingerprint density at radius 2 is 1.67 bits per heavy atom. The molecule has 0 aliphatic rings. The standard InChI is InChI=1S/C20H13F5N6O2/c1-9-27-6-11(7-28-9)31-19(32)30-10-4-13(21)17(14(22)5-10)33-15-2-3-26-18-16(15)12(8-29-18)20(23,24)25/h2-8H,1H3,(H,26,29)(H2,30,31,32). The lowest BCUT2D eigenvalue weighted by atomic mass is 10.2. The first-order chi connectivity index (χ1) is 15.6. The number of halogens is 5. The van der Waals surface area contributed by atoms with E-state index in [4.69, 9.17) is 4.74 Å². The number of hydrogen-bond donors (Lipinski definition) is 3. The molecule has 0 unspecified atom stereocenters. The van der Waals surface area contributed by atoms with Crippen LogP contribution in [0, 0.1) is 18.6 Å². The molecule has 0 aliphatic carbocycles. The van der Waals surface area contributed by atoms with Crippen molar-refractivity contribution in [3.63, 3.8) is 0 Å². The van der Waals surface area contributed by atoms with Gasteiger partial charge < -0.3 is 20.4 Å². The Hall–Kier alpha value is -4.29. The van der Waals surface area contributed by atoms with Crippen LogP contribution >= 0.6 is 0 Å². The molecule has 3 aromatic heterocycles. The van der Waals surface area contributed by atoms with Gasteiger partial charge in [0.15, 0.2) is 17.4 Å². The first-order valence-electron chi connectivity index (χ1n) is 9.18. The van der Waals surface area contributed by atoms with E-state index in [9.17, 15) is 26.7 Å². The molecule has 0 aliphatic heterocycles. The summed E-state index contributed by atoms with van der Waals surface area (Å²) < 4.78 is 74.1. The molecule has 1 aromatic carbocycles. The number of carbonyl (C=O) groups is 1. The number of alkyl halides is 3. The Morgan fingerprint density at radius 1 is 1.03 bits per heavy atom. The molecule has 0 saturated carbocycles. The predicted octanol–water partition coefficient (Wildman–Crippen LogP) is 5.39. The number of H-pyrrole nitrogens is 1. The van der Waals surface area contributed by atoms with E-state index in [1.807, 2.05) is 0 Å². The monoisotopic (exact) mass is 464 g/mol. The van der Waals surface area contributed by atoms with Crippen molar-refractivity contribution in [1.82, 2.24) is 19.9 Å². The number of fused-ring (bicyclic) bond motifs is 1. The maximum absolute atomic E-state index is 14.6. The molecule has 4 rings (SSSR count). The van der Waals surface area contributed by atoms with Crippen LogP contribution in [0.5, 0.6) is 11.5 Å². The fraction of sp³-hybridized carbons (Fsp3) is 0.100. The zero-order valence-electron chi connectivity index (χ0n) is 16.6. The zero-order chi connectivity index (χ0) is 23.8. The van der Waals surface area contributed by atoms with E-state index in [0.717, 1.165) is 24.4 Å². The van der Waals surface area contributed by atoms with Gasteiger partial charge in [-0.3, -0.25) is 0 Å². The van der Waals surface area contributed by atoms with Gasteiger partial charge in [-0.1, -0.05) is 0 Å². The van der Waals surface area contributed by atoms with E-state index in [0.29, 0.717) is 12.0 Å². The number of aryl methyl sites for hydroxylation is 1. The third-order valence-electron chi connectivity index (χ3n) is 4.35. The van der Waals surface area contributed by atoms with Crippen LogP contribution in [0.2, 0.25) is 0 Å². The number of rotatable bonds is 4.